The van der Waals surface area contributed by atoms with Crippen molar-refractivity contribution in [1.29, 1.82) is 0 Å². The van der Waals surface area contributed by atoms with Crippen LogP contribution in [0.2, 0.25) is 0 Å². The van der Waals surface area contributed by atoms with Gasteiger partial charge in [-0.05, 0) is 17.7 Å². The van der Waals surface area contributed by atoms with Crippen molar-refractivity contribution in [3.05, 3.63) is 29.8 Å². The average molecular weight is 247 g/mol. The van der Waals surface area contributed by atoms with Crippen molar-refractivity contribution in [2.45, 2.75) is 6.04 Å². The molecule has 1 aromatic carbocycles. The summed E-state index contributed by atoms with van der Waals surface area (Å²) in [4.78, 5) is 2.39. The fraction of sp³-hybridized carbons (Fsp3) is 0.571. The third-order valence-corrected chi connectivity index (χ3v) is 3.71. The molecule has 98 valence electrons. The number of nitrogens with one attached hydrogen (secondary N) is 2. The van der Waals surface area contributed by atoms with Gasteiger partial charge in [0.15, 0.2) is 0 Å². The molecule has 18 heavy (non-hydrogen) atoms. The molecule has 2 fully saturated rings. The van der Waals surface area contributed by atoms with Gasteiger partial charge in [0, 0.05) is 44.5 Å². The maximum absolute atomic E-state index is 5.38. The van der Waals surface area contributed by atoms with Crippen molar-refractivity contribution in [2.24, 2.45) is 0 Å². The van der Waals surface area contributed by atoms with Crippen molar-refractivity contribution in [1.82, 2.24) is 10.6 Å². The van der Waals surface area contributed by atoms with E-state index in [-0.39, 0.29) is 0 Å². The first kappa shape index (κ1) is 12.0. The molecule has 2 aliphatic heterocycles. The Morgan fingerprint density at radius 1 is 1.06 bits per heavy atom. The Labute approximate surface area is 108 Å². The van der Waals surface area contributed by atoms with Gasteiger partial charge in [-0.2, -0.15) is 0 Å². The highest BCUT2D eigenvalue weighted by molar-refractivity contribution is 5.48. The Balaban J connectivity index is 1.67. The van der Waals surface area contributed by atoms with E-state index >= 15 is 0 Å². The third kappa shape index (κ3) is 2.66. The summed E-state index contributed by atoms with van der Waals surface area (Å²) in [6.45, 7) is 6.84. The van der Waals surface area contributed by atoms with Crippen molar-refractivity contribution in [2.75, 3.05) is 50.8 Å². The summed E-state index contributed by atoms with van der Waals surface area (Å²) in [5, 5.41) is 6.96. The number of benzene rings is 1. The Hall–Kier alpha value is -1.10. The standard InChI is InChI=1S/C14H21N3O/c1-3-13(17-7-9-18-10-8-17)4-2-12(1)14-11-15-5-6-16-14/h1-4,14-16H,5-11H2/t14-/m1/s1. The van der Waals surface area contributed by atoms with E-state index in [0.29, 0.717) is 6.04 Å². The second-order valence-electron chi connectivity index (χ2n) is 4.90. The molecule has 2 heterocycles. The zero-order valence-corrected chi connectivity index (χ0v) is 10.7. The van der Waals surface area contributed by atoms with Gasteiger partial charge in [0.25, 0.3) is 0 Å². The number of rotatable bonds is 2. The van der Waals surface area contributed by atoms with Gasteiger partial charge in [0.1, 0.15) is 0 Å². The Morgan fingerprint density at radius 2 is 1.83 bits per heavy atom. The number of anilines is 1. The summed E-state index contributed by atoms with van der Waals surface area (Å²) in [5.74, 6) is 0. The molecule has 4 nitrogen and oxygen atoms in total. The van der Waals surface area contributed by atoms with Crippen LogP contribution in [0, 0.1) is 0 Å². The quantitative estimate of drug-likeness (QED) is 0.809. The maximum Gasteiger partial charge on any atom is 0.0642 e. The van der Waals surface area contributed by atoms with Gasteiger partial charge in [-0.25, -0.2) is 0 Å². The number of hydrogen-bond acceptors (Lipinski definition) is 4. The highest BCUT2D eigenvalue weighted by Crippen LogP contribution is 2.20. The largest absolute Gasteiger partial charge is 0.378 e. The van der Waals surface area contributed by atoms with Crippen LogP contribution < -0.4 is 15.5 Å². The van der Waals surface area contributed by atoms with E-state index in [1.807, 2.05) is 0 Å². The summed E-state index contributed by atoms with van der Waals surface area (Å²) >= 11 is 0. The second-order valence-corrected chi connectivity index (χ2v) is 4.90. The molecule has 0 bridgehead atoms. The molecule has 1 aromatic rings. The molecular weight excluding hydrogens is 226 g/mol. The number of hydrogen-bond donors (Lipinski definition) is 2. The predicted octanol–water partition coefficient (Wildman–Crippen LogP) is 0.757. The Kier molecular flexibility index (Phi) is 3.78. The van der Waals surface area contributed by atoms with E-state index < -0.39 is 0 Å². The van der Waals surface area contributed by atoms with Crippen molar-refractivity contribution >= 4 is 5.69 Å². The van der Waals surface area contributed by atoms with Gasteiger partial charge in [-0.15, -0.1) is 0 Å². The lowest BCUT2D eigenvalue weighted by Crippen LogP contribution is -2.42. The molecule has 3 rings (SSSR count). The molecule has 0 saturated carbocycles. The van der Waals surface area contributed by atoms with Crippen LogP contribution in [0.25, 0.3) is 0 Å². The van der Waals surface area contributed by atoms with E-state index in [4.69, 9.17) is 4.74 Å². The zero-order valence-electron chi connectivity index (χ0n) is 10.7. The molecule has 0 spiro atoms. The Bertz CT molecular complexity index is 330. The molecule has 4 heteroatoms. The Morgan fingerprint density at radius 3 is 2.50 bits per heavy atom. The summed E-state index contributed by atoms with van der Waals surface area (Å²) in [5.41, 5.74) is 2.69. The van der Waals surface area contributed by atoms with E-state index in [9.17, 15) is 0 Å². The molecule has 2 saturated heterocycles. The molecule has 2 aliphatic rings. The number of ether oxygens (including phenoxy) is 1. The van der Waals surface area contributed by atoms with Crippen LogP contribution in [0.1, 0.15) is 11.6 Å². The van der Waals surface area contributed by atoms with Crippen LogP contribution in [0.15, 0.2) is 24.3 Å². The lowest BCUT2D eigenvalue weighted by atomic mass is 10.0. The van der Waals surface area contributed by atoms with E-state index in [2.05, 4.69) is 39.8 Å². The molecule has 2 N–H and O–H groups in total. The molecule has 0 radical (unpaired) electrons. The highest BCUT2D eigenvalue weighted by atomic mass is 16.5. The lowest BCUT2D eigenvalue weighted by molar-refractivity contribution is 0.122. The summed E-state index contributed by atoms with van der Waals surface area (Å²) < 4.78 is 5.38. The fourth-order valence-electron chi connectivity index (χ4n) is 2.63. The summed E-state index contributed by atoms with van der Waals surface area (Å²) in [7, 11) is 0. The SMILES string of the molecule is c1cc(N2CCOCC2)ccc1[C@H]1CNCCN1. The first-order valence-corrected chi connectivity index (χ1v) is 6.80. The lowest BCUT2D eigenvalue weighted by Gasteiger charge is -2.30. The molecule has 0 amide bonds. The van der Waals surface area contributed by atoms with Crippen molar-refractivity contribution in [3.8, 4) is 0 Å². The number of morpholine rings is 1. The van der Waals surface area contributed by atoms with E-state index in [1.165, 1.54) is 11.3 Å². The first-order chi connectivity index (χ1) is 8.93. The topological polar surface area (TPSA) is 36.5 Å². The van der Waals surface area contributed by atoms with Gasteiger partial charge in [-0.1, -0.05) is 12.1 Å². The smallest absolute Gasteiger partial charge is 0.0642 e. The normalized spacial score (nSPS) is 25.1. The summed E-state index contributed by atoms with van der Waals surface area (Å²) in [6.07, 6.45) is 0. The van der Waals surface area contributed by atoms with Gasteiger partial charge < -0.3 is 20.3 Å². The first-order valence-electron chi connectivity index (χ1n) is 6.80. The molecule has 0 unspecified atom stereocenters. The van der Waals surface area contributed by atoms with Gasteiger partial charge >= 0.3 is 0 Å². The number of piperazine rings is 1. The zero-order chi connectivity index (χ0) is 12.2. The second kappa shape index (κ2) is 5.69. The van der Waals surface area contributed by atoms with Gasteiger partial charge in [-0.3, -0.25) is 0 Å². The number of nitrogens with zero attached hydrogens (tertiary/aromatic N) is 1. The maximum atomic E-state index is 5.38. The van der Waals surface area contributed by atoms with Crippen molar-refractivity contribution in [3.63, 3.8) is 0 Å². The molecule has 0 aromatic heterocycles. The van der Waals surface area contributed by atoms with Crippen LogP contribution in [0.5, 0.6) is 0 Å². The molecule has 0 aliphatic carbocycles. The third-order valence-electron chi connectivity index (χ3n) is 3.71. The minimum absolute atomic E-state index is 0.456. The van der Waals surface area contributed by atoms with Crippen LogP contribution in [0.4, 0.5) is 5.69 Å². The monoisotopic (exact) mass is 247 g/mol. The minimum atomic E-state index is 0.456. The van der Waals surface area contributed by atoms with Crippen LogP contribution in [0.3, 0.4) is 0 Å². The van der Waals surface area contributed by atoms with Gasteiger partial charge in [0.2, 0.25) is 0 Å². The van der Waals surface area contributed by atoms with Crippen LogP contribution in [-0.4, -0.2) is 45.9 Å². The predicted molar refractivity (Wildman–Crippen MR) is 73.1 cm³/mol. The average Bonchev–Trinajstić information content (AvgIpc) is 2.49. The van der Waals surface area contributed by atoms with Gasteiger partial charge in [0.05, 0.1) is 13.2 Å². The van der Waals surface area contributed by atoms with Crippen LogP contribution >= 0.6 is 0 Å². The highest BCUT2D eigenvalue weighted by Gasteiger charge is 2.15. The molecular formula is C14H21N3O. The van der Waals surface area contributed by atoms with E-state index in [1.54, 1.807) is 0 Å². The molecule has 1 atom stereocenters. The fourth-order valence-corrected chi connectivity index (χ4v) is 2.63. The minimum Gasteiger partial charge on any atom is -0.378 e. The summed E-state index contributed by atoms with van der Waals surface area (Å²) in [6, 6.07) is 9.41. The van der Waals surface area contributed by atoms with Crippen LogP contribution in [-0.2, 0) is 4.74 Å². The van der Waals surface area contributed by atoms with Crippen molar-refractivity contribution < 1.29 is 4.74 Å². The van der Waals surface area contributed by atoms with E-state index in [0.717, 1.165) is 45.9 Å².